The summed E-state index contributed by atoms with van der Waals surface area (Å²) >= 11 is 1.44. The molecule has 5 nitrogen and oxygen atoms in total. The van der Waals surface area contributed by atoms with Crippen LogP contribution in [0.5, 0.6) is 0 Å². The molecule has 0 radical (unpaired) electrons. The number of hydrogen-bond acceptors (Lipinski definition) is 6. The van der Waals surface area contributed by atoms with E-state index in [4.69, 9.17) is 4.74 Å². The van der Waals surface area contributed by atoms with E-state index in [1.807, 2.05) is 14.1 Å². The number of carbonyl (C=O) groups excluding carboxylic acids is 1. The SMILES string of the molecule is C=NC1SC=C(OC(C)=O)N1N(C)C. The second-order valence-electron chi connectivity index (χ2n) is 2.89. The molecule has 1 aliphatic rings. The minimum atomic E-state index is -0.339. The molecule has 0 aliphatic carbocycles. The third-order valence-electron chi connectivity index (χ3n) is 1.56. The van der Waals surface area contributed by atoms with Crippen LogP contribution in [0, 0.1) is 0 Å². The van der Waals surface area contributed by atoms with Gasteiger partial charge >= 0.3 is 5.97 Å². The van der Waals surface area contributed by atoms with Crippen molar-refractivity contribution in [2.45, 2.75) is 12.4 Å². The van der Waals surface area contributed by atoms with Gasteiger partial charge in [-0.05, 0) is 6.72 Å². The quantitative estimate of drug-likeness (QED) is 0.516. The van der Waals surface area contributed by atoms with Crippen molar-refractivity contribution in [3.05, 3.63) is 11.3 Å². The molecule has 0 aromatic heterocycles. The first-order chi connectivity index (χ1) is 6.56. The molecule has 0 bridgehead atoms. The Labute approximate surface area is 87.4 Å². The van der Waals surface area contributed by atoms with Crippen molar-refractivity contribution >= 4 is 24.4 Å². The minimum Gasteiger partial charge on any atom is -0.408 e. The highest BCUT2D eigenvalue weighted by Crippen LogP contribution is 2.32. The molecular formula is C8H13N3O2S. The number of thioether (sulfide) groups is 1. The normalized spacial score (nSPS) is 21.0. The molecule has 1 rings (SSSR count). The van der Waals surface area contributed by atoms with Crippen LogP contribution in [0.25, 0.3) is 0 Å². The average molecular weight is 215 g/mol. The van der Waals surface area contributed by atoms with Gasteiger partial charge in [0.25, 0.3) is 0 Å². The van der Waals surface area contributed by atoms with Crippen LogP contribution in [0.4, 0.5) is 0 Å². The van der Waals surface area contributed by atoms with Gasteiger partial charge in [0.15, 0.2) is 5.50 Å². The third kappa shape index (κ3) is 2.27. The van der Waals surface area contributed by atoms with Crippen molar-refractivity contribution in [3.8, 4) is 0 Å². The summed E-state index contributed by atoms with van der Waals surface area (Å²) < 4.78 is 5.02. The van der Waals surface area contributed by atoms with Crippen molar-refractivity contribution in [1.29, 1.82) is 0 Å². The molecule has 6 heteroatoms. The molecule has 78 valence electrons. The Morgan fingerprint density at radius 2 is 2.43 bits per heavy atom. The van der Waals surface area contributed by atoms with E-state index in [0.29, 0.717) is 5.88 Å². The number of esters is 1. The van der Waals surface area contributed by atoms with Crippen molar-refractivity contribution in [2.75, 3.05) is 14.1 Å². The smallest absolute Gasteiger partial charge is 0.309 e. The number of carbonyl (C=O) groups is 1. The van der Waals surface area contributed by atoms with Crippen molar-refractivity contribution < 1.29 is 9.53 Å². The molecule has 0 amide bonds. The molecule has 0 saturated carbocycles. The van der Waals surface area contributed by atoms with E-state index < -0.39 is 0 Å². The fourth-order valence-corrected chi connectivity index (χ4v) is 1.96. The van der Waals surface area contributed by atoms with E-state index in [-0.39, 0.29) is 11.5 Å². The lowest BCUT2D eigenvalue weighted by molar-refractivity contribution is -0.142. The number of nitrogens with zero attached hydrogens (tertiary/aromatic N) is 3. The molecule has 0 aromatic carbocycles. The van der Waals surface area contributed by atoms with Gasteiger partial charge in [-0.1, -0.05) is 11.8 Å². The van der Waals surface area contributed by atoms with Crippen molar-refractivity contribution in [1.82, 2.24) is 10.0 Å². The zero-order valence-electron chi connectivity index (χ0n) is 8.43. The van der Waals surface area contributed by atoms with Gasteiger partial charge in [0.2, 0.25) is 5.88 Å². The monoisotopic (exact) mass is 215 g/mol. The lowest BCUT2D eigenvalue weighted by Gasteiger charge is -2.30. The van der Waals surface area contributed by atoms with E-state index in [2.05, 4.69) is 11.7 Å². The van der Waals surface area contributed by atoms with Gasteiger partial charge in [-0.3, -0.25) is 9.79 Å². The molecule has 0 N–H and O–H groups in total. The minimum absolute atomic E-state index is 0.153. The Bertz CT molecular complexity index is 278. The van der Waals surface area contributed by atoms with Gasteiger partial charge in [-0.25, -0.2) is 10.0 Å². The Balaban J connectivity index is 2.75. The Kier molecular flexibility index (Phi) is 3.54. The second-order valence-corrected chi connectivity index (χ2v) is 3.82. The number of hydrazine groups is 1. The maximum atomic E-state index is 10.8. The number of aliphatic imine (C=N–C) groups is 1. The molecule has 0 spiro atoms. The van der Waals surface area contributed by atoms with Gasteiger partial charge in [-0.2, -0.15) is 0 Å². The lowest BCUT2D eigenvalue weighted by Crippen LogP contribution is -2.39. The Morgan fingerprint density at radius 3 is 2.86 bits per heavy atom. The van der Waals surface area contributed by atoms with Gasteiger partial charge in [0.05, 0.1) is 0 Å². The van der Waals surface area contributed by atoms with Crippen LogP contribution in [0.15, 0.2) is 16.3 Å². The van der Waals surface area contributed by atoms with Crippen LogP contribution < -0.4 is 0 Å². The fourth-order valence-electron chi connectivity index (χ4n) is 1.07. The van der Waals surface area contributed by atoms with Gasteiger partial charge in [0, 0.05) is 26.4 Å². The molecule has 14 heavy (non-hydrogen) atoms. The highest BCUT2D eigenvalue weighted by molar-refractivity contribution is 8.02. The summed E-state index contributed by atoms with van der Waals surface area (Å²) in [6.07, 6.45) is 0. The van der Waals surface area contributed by atoms with E-state index in [0.717, 1.165) is 0 Å². The molecule has 1 unspecified atom stereocenters. The summed E-state index contributed by atoms with van der Waals surface area (Å²) in [5.74, 6) is 0.151. The summed E-state index contributed by atoms with van der Waals surface area (Å²) in [6, 6.07) is 0. The highest BCUT2D eigenvalue weighted by atomic mass is 32.2. The van der Waals surface area contributed by atoms with Crippen LogP contribution >= 0.6 is 11.8 Å². The van der Waals surface area contributed by atoms with Gasteiger partial charge in [-0.15, -0.1) is 0 Å². The van der Waals surface area contributed by atoms with Crippen LogP contribution in [0.2, 0.25) is 0 Å². The van der Waals surface area contributed by atoms with E-state index >= 15 is 0 Å². The first-order valence-corrected chi connectivity index (χ1v) is 4.97. The Morgan fingerprint density at radius 1 is 1.79 bits per heavy atom. The van der Waals surface area contributed by atoms with E-state index in [1.54, 1.807) is 15.4 Å². The van der Waals surface area contributed by atoms with Gasteiger partial charge in [0.1, 0.15) is 0 Å². The standard InChI is InChI=1S/C8H13N3O2S/c1-6(12)13-7-5-14-8(9-2)11(7)10(3)4/h5,8H,2H2,1,3-4H3. The number of rotatable bonds is 3. The van der Waals surface area contributed by atoms with Crippen LogP contribution in [0.1, 0.15) is 6.92 Å². The molecule has 1 atom stereocenters. The highest BCUT2D eigenvalue weighted by Gasteiger charge is 2.29. The first-order valence-electron chi connectivity index (χ1n) is 4.02. The topological polar surface area (TPSA) is 45.1 Å². The fraction of sp³-hybridized carbons (Fsp3) is 0.500. The average Bonchev–Trinajstić information content (AvgIpc) is 2.46. The second kappa shape index (κ2) is 4.47. The van der Waals surface area contributed by atoms with Crippen molar-refractivity contribution in [2.24, 2.45) is 4.99 Å². The van der Waals surface area contributed by atoms with Crippen molar-refractivity contribution in [3.63, 3.8) is 0 Å². The predicted molar refractivity (Wildman–Crippen MR) is 56.3 cm³/mol. The summed E-state index contributed by atoms with van der Waals surface area (Å²) in [5.41, 5.74) is -0.153. The van der Waals surface area contributed by atoms with Crippen LogP contribution in [-0.2, 0) is 9.53 Å². The largest absolute Gasteiger partial charge is 0.408 e. The maximum Gasteiger partial charge on any atom is 0.309 e. The molecule has 0 aromatic rings. The van der Waals surface area contributed by atoms with E-state index in [9.17, 15) is 4.79 Å². The third-order valence-corrected chi connectivity index (χ3v) is 2.49. The number of hydrogen-bond donors (Lipinski definition) is 0. The van der Waals surface area contributed by atoms with Gasteiger partial charge < -0.3 is 4.74 Å². The summed E-state index contributed by atoms with van der Waals surface area (Å²) in [5, 5.41) is 5.30. The Hall–Kier alpha value is -1.01. The lowest BCUT2D eigenvalue weighted by atomic mass is 10.7. The maximum absolute atomic E-state index is 10.8. The van der Waals surface area contributed by atoms with Crippen LogP contribution in [-0.4, -0.2) is 42.3 Å². The summed E-state index contributed by atoms with van der Waals surface area (Å²) in [6.45, 7) is 4.84. The summed E-state index contributed by atoms with van der Waals surface area (Å²) in [7, 11) is 3.70. The van der Waals surface area contributed by atoms with Crippen LogP contribution in [0.3, 0.4) is 0 Å². The molecule has 0 saturated heterocycles. The van der Waals surface area contributed by atoms with E-state index in [1.165, 1.54) is 18.7 Å². The number of ether oxygens (including phenoxy) is 1. The molecule has 0 fully saturated rings. The molecule has 1 heterocycles. The molecular weight excluding hydrogens is 202 g/mol. The zero-order valence-corrected chi connectivity index (χ0v) is 9.24. The first kappa shape index (κ1) is 11.1. The predicted octanol–water partition coefficient (Wildman–Crippen LogP) is 0.858. The molecule has 1 aliphatic heterocycles. The summed E-state index contributed by atoms with van der Waals surface area (Å²) in [4.78, 5) is 14.7. The zero-order chi connectivity index (χ0) is 10.7.